The summed E-state index contributed by atoms with van der Waals surface area (Å²) < 4.78 is 10.8. The van der Waals surface area contributed by atoms with Gasteiger partial charge in [0, 0.05) is 24.1 Å². The molecular formula is C19H28N2O3. The van der Waals surface area contributed by atoms with Gasteiger partial charge < -0.3 is 20.1 Å². The molecule has 1 heterocycles. The van der Waals surface area contributed by atoms with Crippen molar-refractivity contribution in [1.82, 2.24) is 4.90 Å². The van der Waals surface area contributed by atoms with Gasteiger partial charge in [0.2, 0.25) is 5.91 Å². The Morgan fingerprint density at radius 2 is 2.04 bits per heavy atom. The molecule has 3 rings (SSSR count). The molecule has 5 nitrogen and oxygen atoms in total. The van der Waals surface area contributed by atoms with Crippen LogP contribution in [0.3, 0.4) is 0 Å². The van der Waals surface area contributed by atoms with E-state index in [0.29, 0.717) is 12.5 Å². The van der Waals surface area contributed by atoms with Gasteiger partial charge >= 0.3 is 0 Å². The highest BCUT2D eigenvalue weighted by Gasteiger charge is 2.39. The van der Waals surface area contributed by atoms with Crippen molar-refractivity contribution >= 4 is 5.91 Å². The van der Waals surface area contributed by atoms with Crippen molar-refractivity contribution in [3.8, 4) is 11.5 Å². The summed E-state index contributed by atoms with van der Waals surface area (Å²) in [6.45, 7) is 1.44. The van der Waals surface area contributed by atoms with Crippen LogP contribution in [0.5, 0.6) is 11.5 Å². The third-order valence-electron chi connectivity index (χ3n) is 5.61. The van der Waals surface area contributed by atoms with E-state index in [4.69, 9.17) is 15.2 Å². The van der Waals surface area contributed by atoms with E-state index < -0.39 is 0 Å². The molecule has 1 aliphatic heterocycles. The number of hydrogen-bond donors (Lipinski definition) is 1. The van der Waals surface area contributed by atoms with Crippen LogP contribution in [0.4, 0.5) is 0 Å². The lowest BCUT2D eigenvalue weighted by Gasteiger charge is -2.30. The fourth-order valence-corrected chi connectivity index (χ4v) is 4.30. The zero-order valence-corrected chi connectivity index (χ0v) is 14.7. The summed E-state index contributed by atoms with van der Waals surface area (Å²) in [4.78, 5) is 15.2. The van der Waals surface area contributed by atoms with Crippen molar-refractivity contribution in [2.75, 3.05) is 27.3 Å². The molecule has 2 N–H and O–H groups in total. The monoisotopic (exact) mass is 332 g/mol. The Morgan fingerprint density at radius 1 is 1.21 bits per heavy atom. The van der Waals surface area contributed by atoms with Crippen LogP contribution in [0, 0.1) is 11.8 Å². The molecular weight excluding hydrogens is 304 g/mol. The summed E-state index contributed by atoms with van der Waals surface area (Å²) in [5.74, 6) is 2.28. The number of ether oxygens (including phenoxy) is 2. The van der Waals surface area contributed by atoms with E-state index in [-0.39, 0.29) is 17.9 Å². The summed E-state index contributed by atoms with van der Waals surface area (Å²) in [6.07, 6.45) is 5.18. The van der Waals surface area contributed by atoms with Crippen LogP contribution in [0.25, 0.3) is 0 Å². The number of carbonyl (C=O) groups excluding carboxylic acids is 1. The maximum absolute atomic E-state index is 13.1. The molecule has 1 unspecified atom stereocenters. The Labute approximate surface area is 144 Å². The van der Waals surface area contributed by atoms with Crippen molar-refractivity contribution in [3.05, 3.63) is 23.8 Å². The van der Waals surface area contributed by atoms with E-state index in [1.165, 1.54) is 0 Å². The van der Waals surface area contributed by atoms with Crippen LogP contribution in [-0.4, -0.2) is 38.1 Å². The second-order valence-corrected chi connectivity index (χ2v) is 6.83. The summed E-state index contributed by atoms with van der Waals surface area (Å²) >= 11 is 0. The lowest BCUT2D eigenvalue weighted by molar-refractivity contribution is -0.137. The first kappa shape index (κ1) is 17.1. The minimum Gasteiger partial charge on any atom is -0.497 e. The van der Waals surface area contributed by atoms with E-state index in [1.54, 1.807) is 14.2 Å². The number of likely N-dealkylation sites (tertiary alicyclic amines) is 1. The molecule has 1 saturated carbocycles. The maximum Gasteiger partial charge on any atom is 0.226 e. The Balaban J connectivity index is 1.84. The minimum atomic E-state index is 0.0948. The molecule has 1 aromatic carbocycles. The molecule has 132 valence electrons. The number of nitrogens with two attached hydrogens (primary N) is 1. The largest absolute Gasteiger partial charge is 0.497 e. The predicted octanol–water partition coefficient (Wildman–Crippen LogP) is 2.74. The fraction of sp³-hybridized carbons (Fsp3) is 0.632. The topological polar surface area (TPSA) is 64.8 Å². The number of rotatable bonds is 5. The van der Waals surface area contributed by atoms with E-state index >= 15 is 0 Å². The molecule has 0 aromatic heterocycles. The Morgan fingerprint density at radius 3 is 2.75 bits per heavy atom. The first-order valence-corrected chi connectivity index (χ1v) is 8.92. The van der Waals surface area contributed by atoms with Crippen LogP contribution < -0.4 is 15.2 Å². The second-order valence-electron chi connectivity index (χ2n) is 6.83. The normalized spacial score (nSPS) is 26.6. The Kier molecular flexibility index (Phi) is 5.29. The van der Waals surface area contributed by atoms with Crippen molar-refractivity contribution < 1.29 is 14.3 Å². The summed E-state index contributed by atoms with van der Waals surface area (Å²) in [5, 5.41) is 0. The van der Waals surface area contributed by atoms with Gasteiger partial charge in [-0.15, -0.1) is 0 Å². The number of amides is 1. The standard InChI is InChI=1S/C19H28N2O3/c1-23-14-8-9-16(18(11-14)24-2)17-7-4-10-21(17)19(22)15-6-3-5-13(15)12-20/h8-9,11,13,15,17H,3-7,10,12,20H2,1-2H3/t13-,15-,17?/m1/s1. The number of methoxy groups -OCH3 is 2. The Bertz CT molecular complexity index is 590. The van der Waals surface area contributed by atoms with Gasteiger partial charge in [0.15, 0.2) is 0 Å². The first-order valence-electron chi connectivity index (χ1n) is 8.92. The number of hydrogen-bond acceptors (Lipinski definition) is 4. The molecule has 3 atom stereocenters. The quantitative estimate of drug-likeness (QED) is 0.900. The highest BCUT2D eigenvalue weighted by atomic mass is 16.5. The van der Waals surface area contributed by atoms with Gasteiger partial charge in [-0.25, -0.2) is 0 Å². The average Bonchev–Trinajstić information content (AvgIpc) is 3.29. The highest BCUT2D eigenvalue weighted by Crippen LogP contribution is 2.41. The molecule has 5 heteroatoms. The minimum absolute atomic E-state index is 0.0948. The molecule has 1 amide bonds. The fourth-order valence-electron chi connectivity index (χ4n) is 4.30. The number of carbonyl (C=O) groups is 1. The van der Waals surface area contributed by atoms with Gasteiger partial charge in [-0.2, -0.15) is 0 Å². The molecule has 0 spiro atoms. The van der Waals surface area contributed by atoms with Crippen LogP contribution in [0.15, 0.2) is 18.2 Å². The summed E-state index contributed by atoms with van der Waals surface area (Å²) in [5.41, 5.74) is 6.95. The van der Waals surface area contributed by atoms with Crippen LogP contribution in [0.1, 0.15) is 43.7 Å². The van der Waals surface area contributed by atoms with Gasteiger partial charge in [-0.1, -0.05) is 6.42 Å². The SMILES string of the molecule is COc1ccc(C2CCCN2C(=O)[C@@H]2CCC[C@@H]2CN)c(OC)c1. The molecule has 1 saturated heterocycles. The van der Waals surface area contributed by atoms with Gasteiger partial charge in [-0.05, 0) is 50.3 Å². The van der Waals surface area contributed by atoms with E-state index in [1.807, 2.05) is 18.2 Å². The molecule has 2 aliphatic rings. The van der Waals surface area contributed by atoms with Crippen molar-refractivity contribution in [2.24, 2.45) is 17.6 Å². The summed E-state index contributed by atoms with van der Waals surface area (Å²) in [6, 6.07) is 5.96. The van der Waals surface area contributed by atoms with E-state index in [2.05, 4.69) is 4.90 Å². The van der Waals surface area contributed by atoms with Crippen LogP contribution in [0.2, 0.25) is 0 Å². The van der Waals surface area contributed by atoms with E-state index in [0.717, 1.165) is 55.7 Å². The summed E-state index contributed by atoms with van der Waals surface area (Å²) in [7, 11) is 3.31. The Hall–Kier alpha value is -1.75. The molecule has 2 fully saturated rings. The maximum atomic E-state index is 13.1. The lowest BCUT2D eigenvalue weighted by atomic mass is 9.93. The second kappa shape index (κ2) is 7.43. The average molecular weight is 332 g/mol. The van der Waals surface area contributed by atoms with Gasteiger partial charge in [0.25, 0.3) is 0 Å². The van der Waals surface area contributed by atoms with Crippen molar-refractivity contribution in [2.45, 2.75) is 38.1 Å². The molecule has 0 radical (unpaired) electrons. The zero-order valence-electron chi connectivity index (χ0n) is 14.7. The molecule has 0 bridgehead atoms. The van der Waals surface area contributed by atoms with Gasteiger partial charge in [-0.3, -0.25) is 4.79 Å². The van der Waals surface area contributed by atoms with Crippen LogP contribution >= 0.6 is 0 Å². The number of benzene rings is 1. The van der Waals surface area contributed by atoms with Crippen molar-refractivity contribution in [3.63, 3.8) is 0 Å². The van der Waals surface area contributed by atoms with E-state index in [9.17, 15) is 4.79 Å². The third kappa shape index (κ3) is 3.09. The van der Waals surface area contributed by atoms with Gasteiger partial charge in [0.1, 0.15) is 11.5 Å². The zero-order chi connectivity index (χ0) is 17.1. The number of nitrogens with zero attached hydrogens (tertiary/aromatic N) is 1. The molecule has 24 heavy (non-hydrogen) atoms. The van der Waals surface area contributed by atoms with Crippen molar-refractivity contribution in [1.29, 1.82) is 0 Å². The smallest absolute Gasteiger partial charge is 0.226 e. The molecule has 1 aromatic rings. The third-order valence-corrected chi connectivity index (χ3v) is 5.61. The molecule has 1 aliphatic carbocycles. The first-order chi connectivity index (χ1) is 11.7. The van der Waals surface area contributed by atoms with Crippen LogP contribution in [-0.2, 0) is 4.79 Å². The lowest BCUT2D eigenvalue weighted by Crippen LogP contribution is -2.38. The van der Waals surface area contributed by atoms with Gasteiger partial charge in [0.05, 0.1) is 20.3 Å². The highest BCUT2D eigenvalue weighted by molar-refractivity contribution is 5.80. The predicted molar refractivity (Wildman–Crippen MR) is 93.1 cm³/mol.